The molecule has 0 unspecified atom stereocenters. The van der Waals surface area contributed by atoms with E-state index < -0.39 is 16.1 Å². The molecule has 1 aliphatic carbocycles. The molecule has 0 amide bonds. The second-order valence-corrected chi connectivity index (χ2v) is 9.95. The lowest BCUT2D eigenvalue weighted by atomic mass is 10.0. The molecule has 8 nitrogen and oxygen atoms in total. The van der Waals surface area contributed by atoms with E-state index in [0.29, 0.717) is 54.7 Å². The van der Waals surface area contributed by atoms with Crippen molar-refractivity contribution in [3.8, 4) is 5.75 Å². The van der Waals surface area contributed by atoms with Gasteiger partial charge in [0.05, 0.1) is 16.9 Å². The summed E-state index contributed by atoms with van der Waals surface area (Å²) in [6.45, 7) is 1.26. The fourth-order valence-electron chi connectivity index (χ4n) is 3.38. The Balaban J connectivity index is 1.23. The molecule has 2 aromatic carbocycles. The average molecular weight is 465 g/mol. The second kappa shape index (κ2) is 9.44. The third-order valence-electron chi connectivity index (χ3n) is 5.39. The van der Waals surface area contributed by atoms with Crippen molar-refractivity contribution in [2.45, 2.75) is 30.6 Å². The lowest BCUT2D eigenvalue weighted by molar-refractivity contribution is 0.172. The van der Waals surface area contributed by atoms with Gasteiger partial charge >= 0.3 is 0 Å². The number of anilines is 1. The minimum atomic E-state index is -3.36. The molecule has 3 aromatic rings. The third-order valence-corrected chi connectivity index (χ3v) is 7.55. The number of rotatable bonds is 10. The number of hydrogen-bond donors (Lipinski definition) is 4. The number of nitrogens with zero attached hydrogens (tertiary/aromatic N) is 1. The van der Waals surface area contributed by atoms with E-state index in [9.17, 15) is 13.5 Å². The molecule has 10 heteroatoms. The maximum Gasteiger partial charge on any atom is 0.235 e. The summed E-state index contributed by atoms with van der Waals surface area (Å²) in [6, 6.07) is 12.4. The summed E-state index contributed by atoms with van der Waals surface area (Å²) in [5.41, 5.74) is 1.85. The van der Waals surface area contributed by atoms with Crippen LogP contribution in [0.5, 0.6) is 5.75 Å². The van der Waals surface area contributed by atoms with Crippen molar-refractivity contribution in [2.24, 2.45) is 0 Å². The number of aliphatic hydroxyl groups excluding tert-OH is 1. The number of sulfonamides is 1. The summed E-state index contributed by atoms with van der Waals surface area (Å²) < 4.78 is 32.9. The number of fused-ring (bicyclic) bond motifs is 1. The number of benzene rings is 2. The number of nitrogens with one attached hydrogen (secondary N) is 3. The van der Waals surface area contributed by atoms with Gasteiger partial charge in [-0.15, -0.1) is 0 Å². The molecule has 0 radical (unpaired) electrons. The molecule has 1 aliphatic rings. The van der Waals surface area contributed by atoms with Gasteiger partial charge in [-0.3, -0.25) is 9.82 Å². The van der Waals surface area contributed by atoms with Crippen molar-refractivity contribution in [3.63, 3.8) is 0 Å². The van der Waals surface area contributed by atoms with Gasteiger partial charge in [0.2, 0.25) is 10.0 Å². The molecule has 1 aromatic heterocycles. The van der Waals surface area contributed by atoms with Gasteiger partial charge in [0, 0.05) is 30.2 Å². The van der Waals surface area contributed by atoms with Crippen molar-refractivity contribution in [1.29, 1.82) is 0 Å². The van der Waals surface area contributed by atoms with Crippen LogP contribution in [0.1, 0.15) is 30.9 Å². The van der Waals surface area contributed by atoms with Crippen molar-refractivity contribution in [3.05, 3.63) is 53.2 Å². The highest BCUT2D eigenvalue weighted by molar-refractivity contribution is 7.93. The monoisotopic (exact) mass is 464 g/mol. The number of ether oxygens (including phenoxy) is 1. The lowest BCUT2D eigenvalue weighted by Crippen LogP contribution is -2.33. The lowest BCUT2D eigenvalue weighted by Gasteiger charge is -2.25. The van der Waals surface area contributed by atoms with E-state index in [1.807, 2.05) is 18.2 Å². The van der Waals surface area contributed by atoms with E-state index in [2.05, 4.69) is 20.2 Å². The number of aromatic amines is 1. The molecule has 1 heterocycles. The Labute approximate surface area is 186 Å². The van der Waals surface area contributed by atoms with Crippen LogP contribution in [-0.2, 0) is 10.0 Å². The molecule has 31 heavy (non-hydrogen) atoms. The quantitative estimate of drug-likeness (QED) is 0.342. The molecule has 0 aliphatic heterocycles. The number of hydrogen-bond acceptors (Lipinski definition) is 6. The molecule has 1 atom stereocenters. The standard InChI is InChI=1S/C21H25ClN4O4S/c22-21-18-8-7-16(12-19(18)24-25-21)30-10-9-23-13-20(27)14-3-1-4-15(11-14)26-31(28,29)17-5-2-6-17/h1,3-4,7-8,11-12,17,20,23,26-27H,2,5-6,9-10,13H2,(H,24,25)/t20-/m0/s1. The Bertz CT molecular complexity index is 1150. The summed E-state index contributed by atoms with van der Waals surface area (Å²) in [6.07, 6.45) is 1.58. The zero-order valence-corrected chi connectivity index (χ0v) is 18.4. The van der Waals surface area contributed by atoms with Crippen LogP contribution in [0.15, 0.2) is 42.5 Å². The summed E-state index contributed by atoms with van der Waals surface area (Å²) in [5, 5.41) is 21.4. The predicted molar refractivity (Wildman–Crippen MR) is 121 cm³/mol. The van der Waals surface area contributed by atoms with Gasteiger partial charge in [0.1, 0.15) is 17.5 Å². The highest BCUT2D eigenvalue weighted by Crippen LogP contribution is 2.28. The van der Waals surface area contributed by atoms with Gasteiger partial charge < -0.3 is 15.2 Å². The molecule has 4 N–H and O–H groups in total. The first-order chi connectivity index (χ1) is 14.9. The van der Waals surface area contributed by atoms with Crippen LogP contribution in [0.4, 0.5) is 5.69 Å². The van der Waals surface area contributed by atoms with Crippen LogP contribution in [0.3, 0.4) is 0 Å². The highest BCUT2D eigenvalue weighted by Gasteiger charge is 2.31. The van der Waals surface area contributed by atoms with Crippen LogP contribution in [0.25, 0.3) is 10.9 Å². The minimum Gasteiger partial charge on any atom is -0.492 e. The summed E-state index contributed by atoms with van der Waals surface area (Å²) in [7, 11) is -3.36. The van der Waals surface area contributed by atoms with Gasteiger partial charge in [-0.05, 0) is 42.7 Å². The van der Waals surface area contributed by atoms with Gasteiger partial charge in [-0.1, -0.05) is 30.2 Å². The van der Waals surface area contributed by atoms with E-state index in [-0.39, 0.29) is 5.25 Å². The Morgan fingerprint density at radius 2 is 2.10 bits per heavy atom. The number of halogens is 1. The van der Waals surface area contributed by atoms with E-state index in [0.717, 1.165) is 17.3 Å². The highest BCUT2D eigenvalue weighted by atomic mass is 35.5. The fraction of sp³-hybridized carbons (Fsp3) is 0.381. The number of H-pyrrole nitrogens is 1. The third kappa shape index (κ3) is 5.30. The van der Waals surface area contributed by atoms with Crippen LogP contribution in [-0.4, -0.2) is 48.7 Å². The van der Waals surface area contributed by atoms with Crippen LogP contribution < -0.4 is 14.8 Å². The first-order valence-corrected chi connectivity index (χ1v) is 12.1. The molecule has 166 valence electrons. The molecular weight excluding hydrogens is 440 g/mol. The van der Waals surface area contributed by atoms with E-state index in [4.69, 9.17) is 16.3 Å². The largest absolute Gasteiger partial charge is 0.492 e. The normalized spacial score (nSPS) is 15.5. The predicted octanol–water partition coefficient (Wildman–Crippen LogP) is 3.21. The van der Waals surface area contributed by atoms with Crippen LogP contribution in [0.2, 0.25) is 5.15 Å². The summed E-state index contributed by atoms with van der Waals surface area (Å²) in [5.74, 6) is 0.685. The Hall–Kier alpha value is -2.33. The zero-order valence-electron chi connectivity index (χ0n) is 16.8. The molecule has 1 fully saturated rings. The summed E-state index contributed by atoms with van der Waals surface area (Å²) in [4.78, 5) is 0. The van der Waals surface area contributed by atoms with Crippen molar-refractivity contribution in [2.75, 3.05) is 24.4 Å². The molecule has 0 bridgehead atoms. The maximum atomic E-state index is 12.3. The molecule has 0 spiro atoms. The van der Waals surface area contributed by atoms with Gasteiger partial charge in [0.15, 0.2) is 0 Å². The number of aromatic nitrogens is 2. The topological polar surface area (TPSA) is 116 Å². The SMILES string of the molecule is O=S(=O)(Nc1cccc([C@@H](O)CNCCOc2ccc3c(Cl)[nH]nc3c2)c1)C1CCC1. The van der Waals surface area contributed by atoms with Crippen molar-refractivity contribution < 1.29 is 18.3 Å². The average Bonchev–Trinajstić information content (AvgIpc) is 3.06. The van der Waals surface area contributed by atoms with E-state index in [1.165, 1.54) is 0 Å². The van der Waals surface area contributed by atoms with Gasteiger partial charge in [-0.2, -0.15) is 5.10 Å². The van der Waals surface area contributed by atoms with Crippen LogP contribution >= 0.6 is 11.6 Å². The zero-order chi connectivity index (χ0) is 21.8. The molecule has 0 saturated heterocycles. The van der Waals surface area contributed by atoms with E-state index >= 15 is 0 Å². The number of aliphatic hydroxyl groups is 1. The Kier molecular flexibility index (Phi) is 6.66. The van der Waals surface area contributed by atoms with E-state index in [1.54, 1.807) is 24.3 Å². The van der Waals surface area contributed by atoms with Gasteiger partial charge in [0.25, 0.3) is 0 Å². The Morgan fingerprint density at radius 1 is 1.26 bits per heavy atom. The maximum absolute atomic E-state index is 12.3. The van der Waals surface area contributed by atoms with Gasteiger partial charge in [-0.25, -0.2) is 8.42 Å². The minimum absolute atomic E-state index is 0.312. The molecule has 1 saturated carbocycles. The van der Waals surface area contributed by atoms with Crippen LogP contribution in [0, 0.1) is 0 Å². The van der Waals surface area contributed by atoms with Crippen molar-refractivity contribution in [1.82, 2.24) is 15.5 Å². The smallest absolute Gasteiger partial charge is 0.235 e. The first-order valence-electron chi connectivity index (χ1n) is 10.2. The fourth-order valence-corrected chi connectivity index (χ4v) is 5.16. The Morgan fingerprint density at radius 3 is 2.87 bits per heavy atom. The first kappa shape index (κ1) is 21.9. The molecular formula is C21H25ClN4O4S. The van der Waals surface area contributed by atoms with Crippen molar-refractivity contribution >= 4 is 38.2 Å². The summed E-state index contributed by atoms with van der Waals surface area (Å²) >= 11 is 5.99. The second-order valence-electron chi connectivity index (χ2n) is 7.61. The molecule has 4 rings (SSSR count).